The molecule has 0 spiro atoms. The molecule has 30 heavy (non-hydrogen) atoms. The smallest absolute Gasteiger partial charge is 0.339 e. The van der Waals surface area contributed by atoms with Crippen LogP contribution in [0.4, 0.5) is 4.39 Å². The maximum atomic E-state index is 15.0. The number of halogens is 1. The van der Waals surface area contributed by atoms with Gasteiger partial charge in [0.25, 0.3) is 0 Å². The van der Waals surface area contributed by atoms with E-state index in [9.17, 15) is 19.1 Å². The lowest BCUT2D eigenvalue weighted by Crippen LogP contribution is -2.00. The highest BCUT2D eigenvalue weighted by Crippen LogP contribution is 2.32. The summed E-state index contributed by atoms with van der Waals surface area (Å²) < 4.78 is 20.1. The molecule has 152 valence electrons. The van der Waals surface area contributed by atoms with E-state index < -0.39 is 11.8 Å². The summed E-state index contributed by atoms with van der Waals surface area (Å²) >= 11 is 0. The van der Waals surface area contributed by atoms with Crippen LogP contribution in [0.15, 0.2) is 54.6 Å². The molecule has 0 amide bonds. The fourth-order valence-corrected chi connectivity index (χ4v) is 3.41. The van der Waals surface area contributed by atoms with Crippen LogP contribution in [0.25, 0.3) is 23.0 Å². The quantitative estimate of drug-likeness (QED) is 0.407. The second-order valence-corrected chi connectivity index (χ2v) is 6.87. The predicted molar refractivity (Wildman–Crippen MR) is 116 cm³/mol. The number of hydrogen-bond donors (Lipinski definition) is 1. The van der Waals surface area contributed by atoms with E-state index in [1.807, 2.05) is 38.1 Å². The minimum atomic E-state index is -1.14. The predicted octanol–water partition coefficient (Wildman–Crippen LogP) is 5.96. The summed E-state index contributed by atoms with van der Waals surface area (Å²) in [5.74, 6) is -1.56. The monoisotopic (exact) mass is 404 g/mol. The average molecular weight is 404 g/mol. The van der Waals surface area contributed by atoms with Gasteiger partial charge in [-0.15, -0.1) is 0 Å². The molecule has 0 fully saturated rings. The number of rotatable bonds is 6. The fraction of sp³-hybridized carbons (Fsp3) is 0.120. The van der Waals surface area contributed by atoms with Crippen LogP contribution in [-0.4, -0.2) is 24.5 Å². The number of carboxylic acid groups (broad SMARTS) is 1. The van der Waals surface area contributed by atoms with Gasteiger partial charge in [0.2, 0.25) is 0 Å². The molecule has 3 rings (SSSR count). The van der Waals surface area contributed by atoms with E-state index in [4.69, 9.17) is 4.74 Å². The van der Waals surface area contributed by atoms with E-state index in [1.165, 1.54) is 31.4 Å². The van der Waals surface area contributed by atoms with Gasteiger partial charge in [0.1, 0.15) is 23.4 Å². The molecule has 0 radical (unpaired) electrons. The van der Waals surface area contributed by atoms with Crippen LogP contribution in [-0.2, 0) is 0 Å². The summed E-state index contributed by atoms with van der Waals surface area (Å²) in [5.41, 5.74) is 5.06. The lowest BCUT2D eigenvalue weighted by Gasteiger charge is -2.13. The van der Waals surface area contributed by atoms with Crippen molar-refractivity contribution in [1.29, 1.82) is 0 Å². The minimum absolute atomic E-state index is 0.0298. The van der Waals surface area contributed by atoms with Crippen molar-refractivity contribution in [3.05, 3.63) is 88.0 Å². The van der Waals surface area contributed by atoms with E-state index in [-0.39, 0.29) is 16.9 Å². The second-order valence-electron chi connectivity index (χ2n) is 6.87. The highest BCUT2D eigenvalue weighted by atomic mass is 19.1. The van der Waals surface area contributed by atoms with Crippen LogP contribution in [0, 0.1) is 13.8 Å². The van der Waals surface area contributed by atoms with Crippen molar-refractivity contribution in [2.45, 2.75) is 13.8 Å². The molecule has 0 aromatic heterocycles. The van der Waals surface area contributed by atoms with Crippen LogP contribution in [0.1, 0.15) is 43.0 Å². The van der Waals surface area contributed by atoms with Crippen LogP contribution < -0.4 is 4.74 Å². The van der Waals surface area contributed by atoms with E-state index in [0.717, 1.165) is 28.5 Å². The van der Waals surface area contributed by atoms with Crippen molar-refractivity contribution >= 4 is 24.2 Å². The zero-order chi connectivity index (χ0) is 21.8. The molecule has 5 heteroatoms. The Bertz CT molecular complexity index is 1160. The van der Waals surface area contributed by atoms with E-state index >= 15 is 0 Å². The lowest BCUT2D eigenvalue weighted by atomic mass is 9.91. The lowest BCUT2D eigenvalue weighted by molar-refractivity contribution is 0.0693. The first kappa shape index (κ1) is 21.0. The van der Waals surface area contributed by atoms with E-state index in [0.29, 0.717) is 11.1 Å². The van der Waals surface area contributed by atoms with Gasteiger partial charge in [0.15, 0.2) is 0 Å². The Labute approximate surface area is 174 Å². The van der Waals surface area contributed by atoms with Crippen LogP contribution in [0.5, 0.6) is 5.75 Å². The van der Waals surface area contributed by atoms with Gasteiger partial charge < -0.3 is 9.84 Å². The summed E-state index contributed by atoms with van der Waals surface area (Å²) in [6.45, 7) is 3.79. The van der Waals surface area contributed by atoms with Crippen LogP contribution in [0.3, 0.4) is 0 Å². The molecule has 0 unspecified atom stereocenters. The molecule has 0 aliphatic rings. The number of carbonyl (C=O) groups excluding carboxylic acids is 1. The zero-order valence-electron chi connectivity index (χ0n) is 16.9. The molecular formula is C25H21FO4. The summed E-state index contributed by atoms with van der Waals surface area (Å²) in [7, 11) is 1.34. The van der Waals surface area contributed by atoms with Gasteiger partial charge in [0.05, 0.1) is 7.11 Å². The molecule has 3 aromatic carbocycles. The number of aldehydes is 1. The standard InChI is InChI=1S/C25H21FO4/c1-15-17(6-4-8-20(15)21-9-5-7-19(14-27)16(21)2)12-23(26)18-10-11-22(25(28)29)24(13-18)30-3/h4-14H,1-3H3,(H,28,29). The number of benzene rings is 3. The Morgan fingerprint density at radius 2 is 1.57 bits per heavy atom. The summed E-state index contributed by atoms with van der Waals surface area (Å²) in [6, 6.07) is 15.2. The van der Waals surface area contributed by atoms with Crippen LogP contribution >= 0.6 is 0 Å². The number of hydrogen-bond acceptors (Lipinski definition) is 3. The Morgan fingerprint density at radius 1 is 0.967 bits per heavy atom. The molecular weight excluding hydrogens is 383 g/mol. The molecule has 0 saturated carbocycles. The molecule has 3 aromatic rings. The largest absolute Gasteiger partial charge is 0.496 e. The number of ether oxygens (including phenoxy) is 1. The SMILES string of the molecule is COc1cc(C(F)=Cc2cccc(-c3cccc(C=O)c3C)c2C)ccc1C(=O)O. The first-order chi connectivity index (χ1) is 14.4. The summed E-state index contributed by atoms with van der Waals surface area (Å²) in [4.78, 5) is 22.5. The number of methoxy groups -OCH3 is 1. The first-order valence-electron chi connectivity index (χ1n) is 9.31. The topological polar surface area (TPSA) is 63.6 Å². The third kappa shape index (κ3) is 4.01. The molecule has 0 heterocycles. The first-order valence-corrected chi connectivity index (χ1v) is 9.31. The molecule has 4 nitrogen and oxygen atoms in total. The average Bonchev–Trinajstić information content (AvgIpc) is 2.75. The number of aromatic carboxylic acids is 1. The second kappa shape index (κ2) is 8.74. The van der Waals surface area contributed by atoms with Gasteiger partial charge >= 0.3 is 5.97 Å². The highest BCUT2D eigenvalue weighted by Gasteiger charge is 2.14. The van der Waals surface area contributed by atoms with Gasteiger partial charge in [-0.3, -0.25) is 4.79 Å². The zero-order valence-corrected chi connectivity index (χ0v) is 16.9. The maximum Gasteiger partial charge on any atom is 0.339 e. The third-order valence-corrected chi connectivity index (χ3v) is 5.16. The van der Waals surface area contributed by atoms with Crippen molar-refractivity contribution < 1.29 is 23.8 Å². The normalized spacial score (nSPS) is 11.3. The van der Waals surface area contributed by atoms with Crippen molar-refractivity contribution in [2.24, 2.45) is 0 Å². The molecule has 1 N–H and O–H groups in total. The fourth-order valence-electron chi connectivity index (χ4n) is 3.41. The van der Waals surface area contributed by atoms with Crippen molar-refractivity contribution in [3.8, 4) is 16.9 Å². The summed E-state index contributed by atoms with van der Waals surface area (Å²) in [6.07, 6.45) is 2.23. The number of carbonyl (C=O) groups is 2. The minimum Gasteiger partial charge on any atom is -0.496 e. The van der Waals surface area contributed by atoms with Gasteiger partial charge in [-0.2, -0.15) is 0 Å². The molecule has 0 aliphatic heterocycles. The van der Waals surface area contributed by atoms with Crippen molar-refractivity contribution in [3.63, 3.8) is 0 Å². The molecule has 0 atom stereocenters. The Hall–Kier alpha value is -3.73. The third-order valence-electron chi connectivity index (χ3n) is 5.16. The Kier molecular flexibility index (Phi) is 6.11. The van der Waals surface area contributed by atoms with Crippen molar-refractivity contribution in [1.82, 2.24) is 0 Å². The van der Waals surface area contributed by atoms with Crippen LogP contribution in [0.2, 0.25) is 0 Å². The Balaban J connectivity index is 2.06. The molecule has 0 aliphatic carbocycles. The van der Waals surface area contributed by atoms with Gasteiger partial charge in [-0.25, -0.2) is 9.18 Å². The van der Waals surface area contributed by atoms with Crippen molar-refractivity contribution in [2.75, 3.05) is 7.11 Å². The van der Waals surface area contributed by atoms with Gasteiger partial charge in [-0.05, 0) is 59.9 Å². The van der Waals surface area contributed by atoms with E-state index in [1.54, 1.807) is 12.1 Å². The molecule has 0 bridgehead atoms. The Morgan fingerprint density at radius 3 is 2.13 bits per heavy atom. The summed E-state index contributed by atoms with van der Waals surface area (Å²) in [5, 5.41) is 9.19. The molecule has 0 saturated heterocycles. The van der Waals surface area contributed by atoms with Gasteiger partial charge in [-0.1, -0.05) is 42.5 Å². The maximum absolute atomic E-state index is 15.0. The number of carboxylic acids is 1. The van der Waals surface area contributed by atoms with E-state index in [2.05, 4.69) is 0 Å². The van der Waals surface area contributed by atoms with Gasteiger partial charge in [0, 0.05) is 11.1 Å². The highest BCUT2D eigenvalue weighted by molar-refractivity contribution is 5.92.